The summed E-state index contributed by atoms with van der Waals surface area (Å²) in [5.74, 6) is 0. The molecule has 0 rings (SSSR count). The summed E-state index contributed by atoms with van der Waals surface area (Å²) in [4.78, 5) is 0. The molecule has 0 radical (unpaired) electrons. The molecule has 0 fully saturated rings. The van der Waals surface area contributed by atoms with Crippen LogP contribution >= 0.6 is 0 Å². The van der Waals surface area contributed by atoms with Gasteiger partial charge in [0.25, 0.3) is 0 Å². The van der Waals surface area contributed by atoms with Crippen molar-refractivity contribution in [1.29, 1.82) is 0 Å². The molecule has 0 spiro atoms. The van der Waals surface area contributed by atoms with E-state index in [0.29, 0.717) is 0 Å². The van der Waals surface area contributed by atoms with Crippen molar-refractivity contribution in [3.05, 3.63) is 0 Å². The molecule has 4 nitrogen and oxygen atoms in total. The third-order valence-corrected chi connectivity index (χ3v) is 4.14. The molecular formula is C11H25NaO4S. The SMILES string of the molecule is CCCCCCCC[CH]([Na])CC.O=S(=O)(O)O. The van der Waals surface area contributed by atoms with Crippen LogP contribution in [0.15, 0.2) is 0 Å². The molecule has 1 atom stereocenters. The van der Waals surface area contributed by atoms with Crippen LogP contribution in [0.5, 0.6) is 0 Å². The summed E-state index contributed by atoms with van der Waals surface area (Å²) < 4.78 is 32.7. The van der Waals surface area contributed by atoms with E-state index in [9.17, 15) is 0 Å². The molecule has 0 aliphatic carbocycles. The molecule has 0 aliphatic rings. The monoisotopic (exact) mass is 276 g/mol. The summed E-state index contributed by atoms with van der Waals surface area (Å²) in [5, 5.41) is 0. The summed E-state index contributed by atoms with van der Waals surface area (Å²) in [6.45, 7) is 4.61. The zero-order chi connectivity index (χ0) is 13.7. The van der Waals surface area contributed by atoms with Gasteiger partial charge in [-0.25, -0.2) is 0 Å². The van der Waals surface area contributed by atoms with Crippen molar-refractivity contribution in [2.45, 2.75) is 68.4 Å². The van der Waals surface area contributed by atoms with Crippen molar-refractivity contribution in [1.82, 2.24) is 0 Å². The van der Waals surface area contributed by atoms with E-state index in [1.165, 1.54) is 79.3 Å². The Morgan fingerprint density at radius 1 is 1.00 bits per heavy atom. The van der Waals surface area contributed by atoms with Crippen LogP contribution in [0.4, 0.5) is 0 Å². The maximum Gasteiger partial charge on any atom is 0.394 e. The first kappa shape index (κ1) is 20.2. The summed E-state index contributed by atoms with van der Waals surface area (Å²) in [6.07, 6.45) is 11.7. The number of hydrogen-bond donors (Lipinski definition) is 2. The Bertz CT molecular complexity index is 234. The Morgan fingerprint density at radius 2 is 1.41 bits per heavy atom. The molecule has 0 aromatic rings. The fraction of sp³-hybridized carbons (Fsp3) is 1.00. The second kappa shape index (κ2) is 13.3. The van der Waals surface area contributed by atoms with Crippen molar-refractivity contribution in [2.75, 3.05) is 0 Å². The standard InChI is InChI=1S/C11H23.Na.H2O4S/c1-3-5-7-9-11-10-8-6-4-2;;1-5(2,3)4/h5H,3-4,6-11H2,1-2H3;;(H2,1,2,3,4). The van der Waals surface area contributed by atoms with E-state index in [2.05, 4.69) is 13.8 Å². The maximum atomic E-state index is 8.74. The van der Waals surface area contributed by atoms with E-state index in [-0.39, 0.29) is 0 Å². The van der Waals surface area contributed by atoms with Crippen LogP contribution in [-0.4, -0.2) is 45.5 Å². The molecule has 6 heteroatoms. The molecule has 2 N–H and O–H groups in total. The first-order valence-electron chi connectivity index (χ1n) is 6.51. The van der Waals surface area contributed by atoms with Gasteiger partial charge in [-0.1, -0.05) is 0 Å². The van der Waals surface area contributed by atoms with E-state index in [1.807, 2.05) is 0 Å². The van der Waals surface area contributed by atoms with Crippen LogP contribution in [0, 0.1) is 0 Å². The molecule has 0 saturated heterocycles. The van der Waals surface area contributed by atoms with Crippen molar-refractivity contribution < 1.29 is 17.5 Å². The molecule has 0 amide bonds. The first-order chi connectivity index (χ1) is 7.81. The van der Waals surface area contributed by atoms with Gasteiger partial charge in [0.1, 0.15) is 0 Å². The number of unbranched alkanes of at least 4 members (excludes halogenated alkanes) is 5. The van der Waals surface area contributed by atoms with Gasteiger partial charge in [0, 0.05) is 0 Å². The topological polar surface area (TPSA) is 74.6 Å². The fourth-order valence-electron chi connectivity index (χ4n) is 1.48. The molecular weight excluding hydrogens is 251 g/mol. The van der Waals surface area contributed by atoms with Crippen LogP contribution in [0.2, 0.25) is 3.17 Å². The predicted molar refractivity (Wildman–Crippen MR) is 72.0 cm³/mol. The van der Waals surface area contributed by atoms with Gasteiger partial charge in [-0.3, -0.25) is 9.11 Å². The van der Waals surface area contributed by atoms with E-state index in [0.717, 1.165) is 3.17 Å². The molecule has 0 aromatic carbocycles. The van der Waals surface area contributed by atoms with E-state index in [4.69, 9.17) is 17.5 Å². The van der Waals surface area contributed by atoms with Gasteiger partial charge >= 0.3 is 107 Å². The fourth-order valence-corrected chi connectivity index (χ4v) is 1.89. The molecule has 0 aliphatic heterocycles. The van der Waals surface area contributed by atoms with Gasteiger partial charge in [0.2, 0.25) is 0 Å². The second-order valence-electron chi connectivity index (χ2n) is 4.52. The molecule has 17 heavy (non-hydrogen) atoms. The second-order valence-corrected chi connectivity index (χ2v) is 7.05. The molecule has 0 bridgehead atoms. The normalized spacial score (nSPS) is 12.8. The third-order valence-electron chi connectivity index (χ3n) is 2.75. The number of rotatable bonds is 8. The Balaban J connectivity index is 0. The van der Waals surface area contributed by atoms with E-state index >= 15 is 0 Å². The Hall–Kier alpha value is 0.870. The summed E-state index contributed by atoms with van der Waals surface area (Å²) in [5.41, 5.74) is 0. The van der Waals surface area contributed by atoms with Gasteiger partial charge in [0.15, 0.2) is 0 Å². The van der Waals surface area contributed by atoms with Gasteiger partial charge < -0.3 is 0 Å². The Labute approximate surface area is 124 Å². The molecule has 0 saturated carbocycles. The van der Waals surface area contributed by atoms with Crippen molar-refractivity contribution in [3.63, 3.8) is 0 Å². The van der Waals surface area contributed by atoms with E-state index in [1.54, 1.807) is 0 Å². The summed E-state index contributed by atoms with van der Waals surface area (Å²) in [6, 6.07) is 0. The summed E-state index contributed by atoms with van der Waals surface area (Å²) in [7, 11) is -4.67. The summed E-state index contributed by atoms with van der Waals surface area (Å²) >= 11 is 1.41. The van der Waals surface area contributed by atoms with Crippen molar-refractivity contribution in [2.24, 2.45) is 0 Å². The minimum Gasteiger partial charge on any atom is -0.264 e. The largest absolute Gasteiger partial charge is 0.394 e. The minimum atomic E-state index is -4.67. The maximum absolute atomic E-state index is 8.74. The van der Waals surface area contributed by atoms with Crippen LogP contribution in [0.1, 0.15) is 65.2 Å². The first-order valence-corrected chi connectivity index (χ1v) is 9.06. The van der Waals surface area contributed by atoms with Crippen LogP contribution in [0.25, 0.3) is 0 Å². The van der Waals surface area contributed by atoms with Crippen LogP contribution in [-0.2, 0) is 10.4 Å². The Morgan fingerprint density at radius 3 is 1.82 bits per heavy atom. The average molecular weight is 276 g/mol. The van der Waals surface area contributed by atoms with Gasteiger partial charge in [-0.05, 0) is 0 Å². The molecule has 0 aromatic heterocycles. The van der Waals surface area contributed by atoms with Crippen molar-refractivity contribution in [3.8, 4) is 0 Å². The Kier molecular flexibility index (Phi) is 15.8. The van der Waals surface area contributed by atoms with Gasteiger partial charge in [-0.2, -0.15) is 8.42 Å². The molecule has 100 valence electrons. The minimum absolute atomic E-state index is 1.09. The van der Waals surface area contributed by atoms with Gasteiger partial charge in [-0.15, -0.1) is 0 Å². The molecule has 1 unspecified atom stereocenters. The van der Waals surface area contributed by atoms with Crippen LogP contribution < -0.4 is 0 Å². The quantitative estimate of drug-likeness (QED) is 0.404. The van der Waals surface area contributed by atoms with Crippen LogP contribution in [0.3, 0.4) is 0 Å². The number of hydrogen-bond acceptors (Lipinski definition) is 2. The predicted octanol–water partition coefficient (Wildman–Crippen LogP) is 3.45. The zero-order valence-electron chi connectivity index (χ0n) is 11.4. The van der Waals surface area contributed by atoms with Gasteiger partial charge in [0.05, 0.1) is 0 Å². The smallest absolute Gasteiger partial charge is 0.264 e. The van der Waals surface area contributed by atoms with Crippen molar-refractivity contribution >= 4 is 38.3 Å². The van der Waals surface area contributed by atoms with E-state index < -0.39 is 10.4 Å². The third kappa shape index (κ3) is 31.6. The zero-order valence-corrected chi connectivity index (χ0v) is 14.2. The average Bonchev–Trinajstić information content (AvgIpc) is 2.20. The molecule has 0 heterocycles.